The summed E-state index contributed by atoms with van der Waals surface area (Å²) >= 11 is 0. The smallest absolute Gasteiger partial charge is 0.226 e. The SMILES string of the molecule is COc1ccccc1C1CC(NC(=O)C(C)(C)C2CCOCC2)C1. The van der Waals surface area contributed by atoms with Gasteiger partial charge in [0.25, 0.3) is 0 Å². The number of carbonyl (C=O) groups is 1. The molecule has 1 amide bonds. The van der Waals surface area contributed by atoms with Crippen LogP contribution in [-0.4, -0.2) is 32.3 Å². The number of amides is 1. The number of rotatable bonds is 5. The van der Waals surface area contributed by atoms with Crippen LogP contribution in [0.3, 0.4) is 0 Å². The van der Waals surface area contributed by atoms with E-state index in [1.54, 1.807) is 7.11 Å². The average molecular weight is 331 g/mol. The first-order valence-electron chi connectivity index (χ1n) is 9.04. The highest BCUT2D eigenvalue weighted by molar-refractivity contribution is 5.82. The van der Waals surface area contributed by atoms with Crippen molar-refractivity contribution in [1.82, 2.24) is 5.32 Å². The number of methoxy groups -OCH3 is 1. The van der Waals surface area contributed by atoms with E-state index in [4.69, 9.17) is 9.47 Å². The first-order valence-corrected chi connectivity index (χ1v) is 9.04. The summed E-state index contributed by atoms with van der Waals surface area (Å²) in [5.74, 6) is 2.04. The van der Waals surface area contributed by atoms with E-state index < -0.39 is 0 Å². The van der Waals surface area contributed by atoms with Crippen molar-refractivity contribution >= 4 is 5.91 Å². The molecule has 132 valence electrons. The van der Waals surface area contributed by atoms with Crippen LogP contribution in [0, 0.1) is 11.3 Å². The molecular formula is C20H29NO3. The Morgan fingerprint density at radius 1 is 1.21 bits per heavy atom. The minimum absolute atomic E-state index is 0.192. The molecule has 1 aliphatic heterocycles. The molecule has 0 bridgehead atoms. The Hall–Kier alpha value is -1.55. The highest BCUT2D eigenvalue weighted by Crippen LogP contribution is 2.42. The molecule has 3 rings (SSSR count). The Labute approximate surface area is 144 Å². The van der Waals surface area contributed by atoms with Crippen molar-refractivity contribution in [2.24, 2.45) is 11.3 Å². The lowest BCUT2D eigenvalue weighted by atomic mass is 9.72. The Morgan fingerprint density at radius 2 is 1.88 bits per heavy atom. The zero-order chi connectivity index (χ0) is 17.2. The Balaban J connectivity index is 1.54. The maximum atomic E-state index is 12.8. The lowest BCUT2D eigenvalue weighted by Gasteiger charge is -2.41. The minimum Gasteiger partial charge on any atom is -0.496 e. The fraction of sp³-hybridized carbons (Fsp3) is 0.650. The molecule has 1 saturated carbocycles. The third-order valence-electron chi connectivity index (χ3n) is 5.88. The number of nitrogens with one attached hydrogen (secondary N) is 1. The van der Waals surface area contributed by atoms with Gasteiger partial charge in [-0.3, -0.25) is 4.79 Å². The summed E-state index contributed by atoms with van der Waals surface area (Å²) in [6.45, 7) is 5.71. The van der Waals surface area contributed by atoms with E-state index in [-0.39, 0.29) is 17.4 Å². The summed E-state index contributed by atoms with van der Waals surface area (Å²) in [6.07, 6.45) is 3.95. The van der Waals surface area contributed by atoms with Crippen molar-refractivity contribution in [3.05, 3.63) is 29.8 Å². The van der Waals surface area contributed by atoms with Gasteiger partial charge in [-0.25, -0.2) is 0 Å². The van der Waals surface area contributed by atoms with Crippen LogP contribution in [0.2, 0.25) is 0 Å². The van der Waals surface area contributed by atoms with Gasteiger partial charge in [0.1, 0.15) is 5.75 Å². The molecular weight excluding hydrogens is 302 g/mol. The third-order valence-corrected chi connectivity index (χ3v) is 5.88. The van der Waals surface area contributed by atoms with Crippen LogP contribution in [0.25, 0.3) is 0 Å². The van der Waals surface area contributed by atoms with Crippen molar-refractivity contribution in [2.45, 2.75) is 51.5 Å². The van der Waals surface area contributed by atoms with Crippen LogP contribution in [0.5, 0.6) is 5.75 Å². The molecule has 1 saturated heterocycles. The van der Waals surface area contributed by atoms with Gasteiger partial charge in [0.05, 0.1) is 7.11 Å². The summed E-state index contributed by atoms with van der Waals surface area (Å²) in [6, 6.07) is 8.48. The molecule has 1 N–H and O–H groups in total. The second-order valence-corrected chi connectivity index (χ2v) is 7.69. The molecule has 1 heterocycles. The lowest BCUT2D eigenvalue weighted by molar-refractivity contribution is -0.135. The predicted molar refractivity (Wildman–Crippen MR) is 94.2 cm³/mol. The molecule has 24 heavy (non-hydrogen) atoms. The molecule has 0 aromatic heterocycles. The van der Waals surface area contributed by atoms with Gasteiger partial charge in [-0.15, -0.1) is 0 Å². The molecule has 2 aliphatic rings. The fourth-order valence-corrected chi connectivity index (χ4v) is 3.97. The molecule has 0 spiro atoms. The highest BCUT2D eigenvalue weighted by Gasteiger charge is 2.40. The van der Waals surface area contributed by atoms with Crippen molar-refractivity contribution in [3.8, 4) is 5.75 Å². The Morgan fingerprint density at radius 3 is 2.54 bits per heavy atom. The highest BCUT2D eigenvalue weighted by atomic mass is 16.5. The van der Waals surface area contributed by atoms with Gasteiger partial charge in [-0.05, 0) is 49.1 Å². The quantitative estimate of drug-likeness (QED) is 0.898. The van der Waals surface area contributed by atoms with Gasteiger partial charge in [0.2, 0.25) is 5.91 Å². The van der Waals surface area contributed by atoms with Crippen molar-refractivity contribution < 1.29 is 14.3 Å². The first-order chi connectivity index (χ1) is 11.5. The second kappa shape index (κ2) is 7.14. The molecule has 0 radical (unpaired) electrons. The molecule has 0 atom stereocenters. The maximum absolute atomic E-state index is 12.8. The van der Waals surface area contributed by atoms with Crippen LogP contribution >= 0.6 is 0 Å². The summed E-state index contributed by atoms with van der Waals surface area (Å²) in [7, 11) is 1.72. The van der Waals surface area contributed by atoms with Crippen LogP contribution in [0.4, 0.5) is 0 Å². The van der Waals surface area contributed by atoms with Gasteiger partial charge in [0, 0.05) is 24.7 Å². The number of carbonyl (C=O) groups excluding carboxylic acids is 1. The second-order valence-electron chi connectivity index (χ2n) is 7.69. The van der Waals surface area contributed by atoms with Crippen LogP contribution < -0.4 is 10.1 Å². The van der Waals surface area contributed by atoms with Gasteiger partial charge in [0.15, 0.2) is 0 Å². The lowest BCUT2D eigenvalue weighted by Crippen LogP contribution is -2.51. The summed E-state index contributed by atoms with van der Waals surface area (Å²) in [5.41, 5.74) is 0.938. The molecule has 1 aliphatic carbocycles. The largest absolute Gasteiger partial charge is 0.496 e. The average Bonchev–Trinajstić information content (AvgIpc) is 2.58. The number of benzene rings is 1. The molecule has 4 nitrogen and oxygen atoms in total. The minimum atomic E-state index is -0.320. The zero-order valence-corrected chi connectivity index (χ0v) is 15.0. The summed E-state index contributed by atoms with van der Waals surface area (Å²) in [4.78, 5) is 12.8. The number of ether oxygens (including phenoxy) is 2. The zero-order valence-electron chi connectivity index (χ0n) is 15.0. The van der Waals surface area contributed by atoms with Gasteiger partial charge >= 0.3 is 0 Å². The molecule has 1 aromatic carbocycles. The van der Waals surface area contributed by atoms with E-state index in [0.29, 0.717) is 11.8 Å². The number of hydrogen-bond donors (Lipinski definition) is 1. The van der Waals surface area contributed by atoms with Gasteiger partial charge in [-0.1, -0.05) is 32.0 Å². The first kappa shape index (κ1) is 17.3. The standard InChI is InChI=1S/C20H29NO3/c1-20(2,15-8-10-24-11-9-15)19(22)21-16-12-14(13-16)17-6-4-5-7-18(17)23-3/h4-7,14-16H,8-13H2,1-3H3,(H,21,22). The van der Waals surface area contributed by atoms with Crippen LogP contribution in [0.15, 0.2) is 24.3 Å². The van der Waals surface area contributed by atoms with Crippen LogP contribution in [-0.2, 0) is 9.53 Å². The number of hydrogen-bond acceptors (Lipinski definition) is 3. The van der Waals surface area contributed by atoms with E-state index in [9.17, 15) is 4.79 Å². The van der Waals surface area contributed by atoms with Crippen molar-refractivity contribution in [3.63, 3.8) is 0 Å². The number of para-hydroxylation sites is 1. The fourth-order valence-electron chi connectivity index (χ4n) is 3.97. The monoisotopic (exact) mass is 331 g/mol. The van der Waals surface area contributed by atoms with Gasteiger partial charge < -0.3 is 14.8 Å². The van der Waals surface area contributed by atoms with Crippen molar-refractivity contribution in [1.29, 1.82) is 0 Å². The van der Waals surface area contributed by atoms with E-state index in [0.717, 1.165) is 44.6 Å². The normalized spacial score (nSPS) is 25.0. The van der Waals surface area contributed by atoms with Gasteiger partial charge in [-0.2, -0.15) is 0 Å². The molecule has 2 fully saturated rings. The van der Waals surface area contributed by atoms with Crippen molar-refractivity contribution in [2.75, 3.05) is 20.3 Å². The molecule has 4 heteroatoms. The Bertz CT molecular complexity index is 572. The molecule has 0 unspecified atom stereocenters. The van der Waals surface area contributed by atoms with E-state index in [1.165, 1.54) is 5.56 Å². The van der Waals surface area contributed by atoms with Crippen LogP contribution in [0.1, 0.15) is 51.0 Å². The summed E-state index contributed by atoms with van der Waals surface area (Å²) in [5, 5.41) is 3.27. The topological polar surface area (TPSA) is 47.6 Å². The van der Waals surface area contributed by atoms with E-state index in [1.807, 2.05) is 12.1 Å². The van der Waals surface area contributed by atoms with E-state index in [2.05, 4.69) is 31.3 Å². The predicted octanol–water partition coefficient (Wildman–Crippen LogP) is 3.51. The Kier molecular flexibility index (Phi) is 5.14. The third kappa shape index (κ3) is 3.44. The maximum Gasteiger partial charge on any atom is 0.226 e. The van der Waals surface area contributed by atoms with E-state index >= 15 is 0 Å². The summed E-state index contributed by atoms with van der Waals surface area (Å²) < 4.78 is 10.9. The molecule has 1 aromatic rings.